The maximum Gasteiger partial charge on any atom is 0.240 e. The second-order valence-corrected chi connectivity index (χ2v) is 6.63. The minimum Gasteiger partial charge on any atom is -0.496 e. The SMILES string of the molecule is COc1ccc(S(=O)(=O)NCc2ccsc2)cc1CO. The lowest BCUT2D eigenvalue weighted by atomic mass is 10.2. The average Bonchev–Trinajstić information content (AvgIpc) is 2.97. The zero-order chi connectivity index (χ0) is 14.6. The largest absolute Gasteiger partial charge is 0.496 e. The van der Waals surface area contributed by atoms with Gasteiger partial charge in [0.1, 0.15) is 5.75 Å². The van der Waals surface area contributed by atoms with Crippen LogP contribution in [0.2, 0.25) is 0 Å². The molecule has 0 spiro atoms. The minimum atomic E-state index is -3.61. The molecule has 1 aromatic carbocycles. The molecule has 20 heavy (non-hydrogen) atoms. The van der Waals surface area contributed by atoms with Crippen LogP contribution in [-0.2, 0) is 23.2 Å². The molecule has 0 saturated heterocycles. The normalized spacial score (nSPS) is 11.5. The van der Waals surface area contributed by atoms with Crippen LogP contribution in [0, 0.1) is 0 Å². The molecule has 0 radical (unpaired) electrons. The highest BCUT2D eigenvalue weighted by Crippen LogP contribution is 2.22. The first-order valence-electron chi connectivity index (χ1n) is 5.85. The van der Waals surface area contributed by atoms with Crippen LogP contribution in [-0.4, -0.2) is 20.6 Å². The van der Waals surface area contributed by atoms with Crippen LogP contribution in [0.1, 0.15) is 11.1 Å². The van der Waals surface area contributed by atoms with Crippen molar-refractivity contribution < 1.29 is 18.3 Å². The molecule has 7 heteroatoms. The Kier molecular flexibility index (Phi) is 4.77. The number of ether oxygens (including phenoxy) is 1. The zero-order valence-electron chi connectivity index (χ0n) is 10.9. The molecule has 2 N–H and O–H groups in total. The van der Waals surface area contributed by atoms with Crippen molar-refractivity contribution >= 4 is 21.4 Å². The van der Waals surface area contributed by atoms with Gasteiger partial charge >= 0.3 is 0 Å². The van der Waals surface area contributed by atoms with Gasteiger partial charge in [0.25, 0.3) is 0 Å². The predicted octanol–water partition coefficient (Wildman–Crippen LogP) is 1.73. The van der Waals surface area contributed by atoms with Crippen molar-refractivity contribution in [3.63, 3.8) is 0 Å². The molecular formula is C13H15NO4S2. The van der Waals surface area contributed by atoms with E-state index in [4.69, 9.17) is 4.74 Å². The summed E-state index contributed by atoms with van der Waals surface area (Å²) >= 11 is 1.51. The molecule has 2 aromatic rings. The van der Waals surface area contributed by atoms with E-state index < -0.39 is 10.0 Å². The predicted molar refractivity (Wildman–Crippen MR) is 77.3 cm³/mol. The van der Waals surface area contributed by atoms with Crippen molar-refractivity contribution in [2.45, 2.75) is 18.0 Å². The summed E-state index contributed by atoms with van der Waals surface area (Å²) in [7, 11) is -2.14. The minimum absolute atomic E-state index is 0.109. The molecule has 0 aliphatic rings. The lowest BCUT2D eigenvalue weighted by molar-refractivity contribution is 0.273. The van der Waals surface area contributed by atoms with E-state index in [1.807, 2.05) is 16.8 Å². The van der Waals surface area contributed by atoms with Crippen LogP contribution in [0.4, 0.5) is 0 Å². The summed E-state index contributed by atoms with van der Waals surface area (Å²) in [4.78, 5) is 0.109. The molecule has 5 nitrogen and oxygen atoms in total. The number of rotatable bonds is 6. The van der Waals surface area contributed by atoms with Gasteiger partial charge < -0.3 is 9.84 Å². The quantitative estimate of drug-likeness (QED) is 0.851. The van der Waals surface area contributed by atoms with E-state index in [0.29, 0.717) is 11.3 Å². The first kappa shape index (κ1) is 15.0. The highest BCUT2D eigenvalue weighted by atomic mass is 32.2. The van der Waals surface area contributed by atoms with Gasteiger partial charge in [-0.3, -0.25) is 0 Å². The second-order valence-electron chi connectivity index (χ2n) is 4.09. The monoisotopic (exact) mass is 313 g/mol. The van der Waals surface area contributed by atoms with E-state index in [1.165, 1.54) is 36.6 Å². The molecule has 108 valence electrons. The molecule has 0 aliphatic heterocycles. The van der Waals surface area contributed by atoms with Gasteiger partial charge in [-0.2, -0.15) is 11.3 Å². The van der Waals surface area contributed by atoms with E-state index in [2.05, 4.69) is 4.72 Å². The average molecular weight is 313 g/mol. The number of aliphatic hydroxyl groups is 1. The fourth-order valence-electron chi connectivity index (χ4n) is 1.70. The summed E-state index contributed by atoms with van der Waals surface area (Å²) in [6, 6.07) is 6.26. The van der Waals surface area contributed by atoms with E-state index in [1.54, 1.807) is 0 Å². The standard InChI is InChI=1S/C13H15NO4S2/c1-18-13-3-2-12(6-11(13)8-15)20(16,17)14-7-10-4-5-19-9-10/h2-6,9,14-15H,7-8H2,1H3. The Balaban J connectivity index is 2.20. The molecule has 0 aliphatic carbocycles. The first-order valence-corrected chi connectivity index (χ1v) is 8.28. The Bertz CT molecular complexity index is 666. The number of hydrogen-bond acceptors (Lipinski definition) is 5. The number of aliphatic hydroxyl groups excluding tert-OH is 1. The lowest BCUT2D eigenvalue weighted by Crippen LogP contribution is -2.23. The number of sulfonamides is 1. The van der Waals surface area contributed by atoms with Crippen LogP contribution in [0.25, 0.3) is 0 Å². The molecule has 0 atom stereocenters. The van der Waals surface area contributed by atoms with E-state index in [0.717, 1.165) is 5.56 Å². The third-order valence-electron chi connectivity index (χ3n) is 2.78. The Labute approximate surface area is 121 Å². The van der Waals surface area contributed by atoms with Gasteiger partial charge in [0.2, 0.25) is 10.0 Å². The Morgan fingerprint density at radius 1 is 1.35 bits per heavy atom. The Hall–Kier alpha value is -1.41. The molecule has 0 saturated carbocycles. The highest BCUT2D eigenvalue weighted by molar-refractivity contribution is 7.89. The highest BCUT2D eigenvalue weighted by Gasteiger charge is 2.16. The van der Waals surface area contributed by atoms with Gasteiger partial charge in [-0.25, -0.2) is 13.1 Å². The van der Waals surface area contributed by atoms with Gasteiger partial charge in [0.05, 0.1) is 18.6 Å². The summed E-state index contributed by atoms with van der Waals surface area (Å²) < 4.78 is 31.9. The van der Waals surface area contributed by atoms with Crippen molar-refractivity contribution in [1.29, 1.82) is 0 Å². The molecular weight excluding hydrogens is 298 g/mol. The van der Waals surface area contributed by atoms with Crippen molar-refractivity contribution in [3.8, 4) is 5.75 Å². The molecule has 1 heterocycles. The summed E-state index contributed by atoms with van der Waals surface area (Å²) in [6.45, 7) is -0.0383. The summed E-state index contributed by atoms with van der Waals surface area (Å²) in [5, 5.41) is 13.0. The van der Waals surface area contributed by atoms with Gasteiger partial charge in [-0.15, -0.1) is 0 Å². The number of hydrogen-bond donors (Lipinski definition) is 2. The van der Waals surface area contributed by atoms with Crippen molar-refractivity contribution in [2.24, 2.45) is 0 Å². The van der Waals surface area contributed by atoms with E-state index in [9.17, 15) is 13.5 Å². The third-order valence-corrected chi connectivity index (χ3v) is 4.91. The van der Waals surface area contributed by atoms with Gasteiger partial charge in [0.15, 0.2) is 0 Å². The Morgan fingerprint density at radius 2 is 2.15 bits per heavy atom. The number of thiophene rings is 1. The fourth-order valence-corrected chi connectivity index (χ4v) is 3.44. The van der Waals surface area contributed by atoms with Crippen molar-refractivity contribution in [2.75, 3.05) is 7.11 Å². The maximum absolute atomic E-state index is 12.2. The molecule has 0 amide bonds. The zero-order valence-corrected chi connectivity index (χ0v) is 12.5. The maximum atomic E-state index is 12.2. The van der Waals surface area contributed by atoms with Crippen molar-refractivity contribution in [1.82, 2.24) is 4.72 Å². The molecule has 0 unspecified atom stereocenters. The lowest BCUT2D eigenvalue weighted by Gasteiger charge is -2.10. The summed E-state index contributed by atoms with van der Waals surface area (Å²) in [6.07, 6.45) is 0. The van der Waals surface area contributed by atoms with Crippen LogP contribution in [0.5, 0.6) is 5.75 Å². The third kappa shape index (κ3) is 3.37. The summed E-state index contributed by atoms with van der Waals surface area (Å²) in [5.41, 5.74) is 1.35. The number of methoxy groups -OCH3 is 1. The van der Waals surface area contributed by atoms with Crippen LogP contribution < -0.4 is 9.46 Å². The van der Waals surface area contributed by atoms with E-state index in [-0.39, 0.29) is 18.0 Å². The second kappa shape index (κ2) is 6.36. The fraction of sp³-hybridized carbons (Fsp3) is 0.231. The summed E-state index contributed by atoms with van der Waals surface area (Å²) in [5.74, 6) is 0.462. The smallest absolute Gasteiger partial charge is 0.240 e. The molecule has 1 aromatic heterocycles. The van der Waals surface area contributed by atoms with Gasteiger partial charge in [-0.1, -0.05) is 0 Å². The Morgan fingerprint density at radius 3 is 2.75 bits per heavy atom. The van der Waals surface area contributed by atoms with Crippen LogP contribution >= 0.6 is 11.3 Å². The topological polar surface area (TPSA) is 75.6 Å². The van der Waals surface area contributed by atoms with Gasteiger partial charge in [-0.05, 0) is 40.6 Å². The number of nitrogens with one attached hydrogen (secondary N) is 1. The van der Waals surface area contributed by atoms with Crippen LogP contribution in [0.15, 0.2) is 39.9 Å². The number of benzene rings is 1. The van der Waals surface area contributed by atoms with Gasteiger partial charge in [0, 0.05) is 12.1 Å². The molecule has 0 bridgehead atoms. The molecule has 2 rings (SSSR count). The van der Waals surface area contributed by atoms with Crippen LogP contribution in [0.3, 0.4) is 0 Å². The van der Waals surface area contributed by atoms with Crippen molar-refractivity contribution in [3.05, 3.63) is 46.2 Å². The first-order chi connectivity index (χ1) is 9.56. The van der Waals surface area contributed by atoms with E-state index >= 15 is 0 Å². The molecule has 0 fully saturated rings.